The Morgan fingerprint density at radius 2 is 1.67 bits per heavy atom. The number of fused-ring (bicyclic) bond motifs is 1. The van der Waals surface area contributed by atoms with E-state index in [-0.39, 0.29) is 47.0 Å². The average Bonchev–Trinajstić information content (AvgIpc) is 3.87. The van der Waals surface area contributed by atoms with Gasteiger partial charge in [0.15, 0.2) is 0 Å². The summed E-state index contributed by atoms with van der Waals surface area (Å²) < 4.78 is 37.7. The molecule has 14 heteroatoms. The number of carbonyl (C=O) groups excluding carboxylic acids is 3. The van der Waals surface area contributed by atoms with Crippen molar-refractivity contribution in [1.82, 2.24) is 40.3 Å². The predicted molar refractivity (Wildman–Crippen MR) is 211 cm³/mol. The number of nitrogens with one attached hydrogen (secondary N) is 2. The number of imide groups is 1. The standard InChI is InChI=1S/C44H44F2N8O4/c1-25-17-29(9-10-30(25)21-47-42(57)40-51-43(58-52-40)44(2,3)4)39-36-20-32(23-54(36)49-24-48-39)27-7-5-26(6-8-27)22-53-15-13-28(14-16-53)38-34(45)18-31(19-35(38)46)33-11-12-37(55)50-41(33)56/h5-10,17-20,23-24,28,33H,11-16,21-22H2,1-4H3,(H,47,57)(H,50,55,56). The molecule has 3 amide bonds. The second-order valence-electron chi connectivity index (χ2n) is 16.3. The molecule has 58 heavy (non-hydrogen) atoms. The maximum atomic E-state index is 15.3. The fraction of sp³-hybridized carbons (Fsp3) is 0.341. The van der Waals surface area contributed by atoms with Crippen LogP contribution in [0.1, 0.15) is 103 Å². The molecule has 1 unspecified atom stereocenters. The first-order chi connectivity index (χ1) is 27.8. The van der Waals surface area contributed by atoms with Crippen LogP contribution in [0.5, 0.6) is 0 Å². The first-order valence-electron chi connectivity index (χ1n) is 19.5. The van der Waals surface area contributed by atoms with Gasteiger partial charge in [-0.05, 0) is 97.3 Å². The second kappa shape index (κ2) is 15.7. The molecule has 12 nitrogen and oxygen atoms in total. The van der Waals surface area contributed by atoms with Crippen LogP contribution < -0.4 is 10.6 Å². The van der Waals surface area contributed by atoms with Gasteiger partial charge >= 0.3 is 0 Å². The first-order valence-corrected chi connectivity index (χ1v) is 19.5. The Morgan fingerprint density at radius 3 is 2.34 bits per heavy atom. The van der Waals surface area contributed by atoms with Gasteiger partial charge in [-0.1, -0.05) is 62.3 Å². The van der Waals surface area contributed by atoms with Crippen molar-refractivity contribution in [1.29, 1.82) is 0 Å². The number of carbonyl (C=O) groups is 3. The minimum absolute atomic E-state index is 0.00442. The van der Waals surface area contributed by atoms with Crippen LogP contribution in [0.2, 0.25) is 0 Å². The number of amides is 3. The van der Waals surface area contributed by atoms with E-state index in [1.807, 2.05) is 56.6 Å². The third kappa shape index (κ3) is 8.01. The lowest BCUT2D eigenvalue weighted by atomic mass is 9.85. The molecule has 0 radical (unpaired) electrons. The number of hydrogen-bond donors (Lipinski definition) is 2. The number of aromatic nitrogens is 5. The number of nitrogens with zero attached hydrogens (tertiary/aromatic N) is 6. The van der Waals surface area contributed by atoms with Crippen molar-refractivity contribution < 1.29 is 27.7 Å². The van der Waals surface area contributed by atoms with Gasteiger partial charge in [0.25, 0.3) is 11.7 Å². The molecule has 1 atom stereocenters. The highest BCUT2D eigenvalue weighted by Gasteiger charge is 2.32. The summed E-state index contributed by atoms with van der Waals surface area (Å²) in [6.45, 7) is 10.2. The third-order valence-corrected chi connectivity index (χ3v) is 11.2. The zero-order valence-corrected chi connectivity index (χ0v) is 32.8. The van der Waals surface area contributed by atoms with Gasteiger partial charge in [0.2, 0.25) is 17.7 Å². The molecule has 0 spiro atoms. The Labute approximate surface area is 334 Å². The lowest BCUT2D eigenvalue weighted by molar-refractivity contribution is -0.134. The van der Waals surface area contributed by atoms with Crippen LogP contribution in [0.15, 0.2) is 77.7 Å². The van der Waals surface area contributed by atoms with E-state index in [2.05, 4.69) is 66.1 Å². The van der Waals surface area contributed by atoms with E-state index in [0.29, 0.717) is 44.9 Å². The normalized spacial score (nSPS) is 16.8. The van der Waals surface area contributed by atoms with Crippen LogP contribution in [0.3, 0.4) is 0 Å². The van der Waals surface area contributed by atoms with E-state index >= 15 is 8.78 Å². The van der Waals surface area contributed by atoms with Crippen molar-refractivity contribution in [3.63, 3.8) is 0 Å². The van der Waals surface area contributed by atoms with Crippen molar-refractivity contribution in [2.24, 2.45) is 0 Å². The highest BCUT2D eigenvalue weighted by molar-refractivity contribution is 6.01. The molecule has 0 bridgehead atoms. The first kappa shape index (κ1) is 38.7. The zero-order valence-electron chi connectivity index (χ0n) is 32.8. The van der Waals surface area contributed by atoms with Crippen molar-refractivity contribution in [2.75, 3.05) is 13.1 Å². The minimum atomic E-state index is -0.733. The van der Waals surface area contributed by atoms with Gasteiger partial charge in [0, 0.05) is 47.8 Å². The topological polar surface area (TPSA) is 148 Å². The van der Waals surface area contributed by atoms with Crippen LogP contribution in [0.25, 0.3) is 27.9 Å². The van der Waals surface area contributed by atoms with Gasteiger partial charge in [-0.25, -0.2) is 18.3 Å². The number of likely N-dealkylation sites (tertiary alicyclic amines) is 1. The predicted octanol–water partition coefficient (Wildman–Crippen LogP) is 7.16. The average molecular weight is 787 g/mol. The fourth-order valence-electron chi connectivity index (χ4n) is 7.87. The molecular weight excluding hydrogens is 743 g/mol. The van der Waals surface area contributed by atoms with Gasteiger partial charge in [-0.15, -0.1) is 0 Å². The Morgan fingerprint density at radius 1 is 0.948 bits per heavy atom. The molecule has 2 aliphatic rings. The number of rotatable bonds is 9. The summed E-state index contributed by atoms with van der Waals surface area (Å²) in [6.07, 6.45) is 5.14. The molecule has 0 aliphatic carbocycles. The van der Waals surface area contributed by atoms with Gasteiger partial charge in [0.1, 0.15) is 18.0 Å². The number of benzene rings is 3. The largest absolute Gasteiger partial charge is 0.345 e. The minimum Gasteiger partial charge on any atom is -0.345 e. The molecule has 2 fully saturated rings. The van der Waals surface area contributed by atoms with E-state index in [0.717, 1.165) is 44.6 Å². The Bertz CT molecular complexity index is 2510. The molecule has 3 aromatic carbocycles. The highest BCUT2D eigenvalue weighted by atomic mass is 19.1. The molecule has 8 rings (SSSR count). The van der Waals surface area contributed by atoms with E-state index in [9.17, 15) is 14.4 Å². The Hall–Kier alpha value is -6.15. The maximum Gasteiger partial charge on any atom is 0.292 e. The van der Waals surface area contributed by atoms with Crippen LogP contribution in [0, 0.1) is 18.6 Å². The quantitative estimate of drug-likeness (QED) is 0.146. The van der Waals surface area contributed by atoms with Gasteiger partial charge in [0.05, 0.1) is 17.1 Å². The molecule has 0 saturated carbocycles. The molecule has 3 aromatic heterocycles. The monoisotopic (exact) mass is 786 g/mol. The summed E-state index contributed by atoms with van der Waals surface area (Å²) in [5.74, 6) is -3.13. The van der Waals surface area contributed by atoms with E-state index in [1.165, 1.54) is 18.5 Å². The number of halogens is 2. The van der Waals surface area contributed by atoms with E-state index < -0.39 is 29.4 Å². The summed E-state index contributed by atoms with van der Waals surface area (Å²) in [5, 5.41) is 13.4. The maximum absolute atomic E-state index is 15.3. The fourth-order valence-corrected chi connectivity index (χ4v) is 7.87. The van der Waals surface area contributed by atoms with Crippen molar-refractivity contribution in [3.8, 4) is 22.4 Å². The smallest absolute Gasteiger partial charge is 0.292 e. The summed E-state index contributed by atoms with van der Waals surface area (Å²) in [4.78, 5) is 47.7. The number of piperidine rings is 2. The Balaban J connectivity index is 0.887. The molecule has 2 N–H and O–H groups in total. The zero-order chi connectivity index (χ0) is 40.7. The molecule has 5 heterocycles. The van der Waals surface area contributed by atoms with E-state index in [1.54, 1.807) is 0 Å². The van der Waals surface area contributed by atoms with Gasteiger partial charge in [-0.2, -0.15) is 10.1 Å². The third-order valence-electron chi connectivity index (χ3n) is 11.2. The lowest BCUT2D eigenvalue weighted by Crippen LogP contribution is -2.39. The SMILES string of the molecule is Cc1cc(-c2ncnn3cc(-c4ccc(CN5CCC(c6c(F)cc(C7CCC(=O)NC7=O)cc6F)CC5)cc4)cc23)ccc1CNC(=O)c1noc(C(C)(C)C)n1. The number of hydrogen-bond acceptors (Lipinski definition) is 9. The summed E-state index contributed by atoms with van der Waals surface area (Å²) in [5.41, 5.74) is 7.66. The van der Waals surface area contributed by atoms with Crippen molar-refractivity contribution >= 4 is 23.2 Å². The second-order valence-corrected chi connectivity index (χ2v) is 16.3. The summed E-state index contributed by atoms with van der Waals surface area (Å²) in [6, 6.07) is 19.0. The molecular formula is C44H44F2N8O4. The highest BCUT2D eigenvalue weighted by Crippen LogP contribution is 2.36. The Kier molecular flexibility index (Phi) is 10.4. The summed E-state index contributed by atoms with van der Waals surface area (Å²) >= 11 is 0. The van der Waals surface area contributed by atoms with Crippen molar-refractivity contribution in [3.05, 3.63) is 124 Å². The van der Waals surface area contributed by atoms with Crippen LogP contribution >= 0.6 is 0 Å². The lowest BCUT2D eigenvalue weighted by Gasteiger charge is -2.32. The van der Waals surface area contributed by atoms with Crippen LogP contribution in [0.4, 0.5) is 8.78 Å². The molecule has 298 valence electrons. The van der Waals surface area contributed by atoms with Crippen LogP contribution in [-0.4, -0.2) is 60.4 Å². The van der Waals surface area contributed by atoms with E-state index in [4.69, 9.17) is 4.52 Å². The molecule has 2 saturated heterocycles. The number of aryl methyl sites for hydroxylation is 1. The molecule has 6 aromatic rings. The van der Waals surface area contributed by atoms with Gasteiger partial charge < -0.3 is 9.84 Å². The van der Waals surface area contributed by atoms with Crippen LogP contribution in [-0.2, 0) is 28.1 Å². The summed E-state index contributed by atoms with van der Waals surface area (Å²) in [7, 11) is 0. The van der Waals surface area contributed by atoms with Crippen molar-refractivity contribution in [2.45, 2.75) is 83.7 Å². The molecule has 2 aliphatic heterocycles. The van der Waals surface area contributed by atoms with Gasteiger partial charge in [-0.3, -0.25) is 24.6 Å².